The van der Waals surface area contributed by atoms with Crippen LogP contribution < -0.4 is 5.32 Å². The molecule has 100 valence electrons. The summed E-state index contributed by atoms with van der Waals surface area (Å²) in [6.45, 7) is 0.786. The molecule has 0 fully saturated rings. The van der Waals surface area contributed by atoms with E-state index in [1.54, 1.807) is 11.3 Å². The summed E-state index contributed by atoms with van der Waals surface area (Å²) in [7, 11) is 1.44. The highest BCUT2D eigenvalue weighted by atomic mass is 79.9. The number of rotatable bonds is 2. The van der Waals surface area contributed by atoms with Crippen LogP contribution in [0.15, 0.2) is 24.3 Å². The van der Waals surface area contributed by atoms with E-state index in [-0.39, 0.29) is 5.97 Å². The lowest BCUT2D eigenvalue weighted by molar-refractivity contribution is -0.148. The van der Waals surface area contributed by atoms with E-state index in [4.69, 9.17) is 4.74 Å². The number of alkyl halides is 1. The molecular weight excluding hydrogens is 326 g/mol. The molecule has 3 nitrogen and oxygen atoms in total. The van der Waals surface area contributed by atoms with Crippen molar-refractivity contribution in [2.45, 2.75) is 12.0 Å². The Bertz CT molecular complexity index is 639. The van der Waals surface area contributed by atoms with E-state index in [0.717, 1.165) is 17.8 Å². The van der Waals surface area contributed by atoms with E-state index in [1.807, 2.05) is 12.1 Å². The van der Waals surface area contributed by atoms with Crippen molar-refractivity contribution in [1.82, 2.24) is 5.32 Å². The van der Waals surface area contributed by atoms with Gasteiger partial charge in [-0.1, -0.05) is 34.1 Å². The predicted octanol–water partition coefficient (Wildman–Crippen LogP) is 2.81. The molecule has 19 heavy (non-hydrogen) atoms. The van der Waals surface area contributed by atoms with Crippen molar-refractivity contribution in [2.75, 3.05) is 19.0 Å². The maximum absolute atomic E-state index is 12.3. The molecule has 0 spiro atoms. The molecule has 0 saturated heterocycles. The SMILES string of the molecule is COC(=O)C1(CBr)NCCc2c1sc1ccccc21. The smallest absolute Gasteiger partial charge is 0.332 e. The maximum Gasteiger partial charge on any atom is 0.332 e. The van der Waals surface area contributed by atoms with Crippen molar-refractivity contribution in [1.29, 1.82) is 0 Å². The lowest BCUT2D eigenvalue weighted by Crippen LogP contribution is -2.54. The lowest BCUT2D eigenvalue weighted by Gasteiger charge is -2.34. The van der Waals surface area contributed by atoms with Gasteiger partial charge in [-0.2, -0.15) is 0 Å². The molecule has 0 bridgehead atoms. The first-order valence-corrected chi connectivity index (χ1v) is 8.07. The van der Waals surface area contributed by atoms with Gasteiger partial charge in [0.2, 0.25) is 0 Å². The number of carbonyl (C=O) groups excluding carboxylic acids is 1. The number of ether oxygens (including phenoxy) is 1. The third kappa shape index (κ3) is 1.83. The summed E-state index contributed by atoms with van der Waals surface area (Å²) in [6, 6.07) is 8.32. The zero-order chi connectivity index (χ0) is 13.5. The van der Waals surface area contributed by atoms with Crippen LogP contribution >= 0.6 is 27.3 Å². The highest BCUT2D eigenvalue weighted by Crippen LogP contribution is 2.41. The van der Waals surface area contributed by atoms with Gasteiger partial charge >= 0.3 is 5.97 Å². The second-order valence-corrected chi connectivity index (χ2v) is 6.23. The quantitative estimate of drug-likeness (QED) is 0.675. The Morgan fingerprint density at radius 1 is 1.53 bits per heavy atom. The van der Waals surface area contributed by atoms with Crippen LogP contribution in [0.2, 0.25) is 0 Å². The number of halogens is 1. The molecule has 3 rings (SSSR count). The first kappa shape index (κ1) is 13.1. The summed E-state index contributed by atoms with van der Waals surface area (Å²) in [5.41, 5.74) is 0.538. The first-order valence-electron chi connectivity index (χ1n) is 6.13. The van der Waals surface area contributed by atoms with Crippen molar-refractivity contribution in [3.05, 3.63) is 34.7 Å². The minimum atomic E-state index is -0.744. The number of carbonyl (C=O) groups is 1. The molecule has 2 heterocycles. The van der Waals surface area contributed by atoms with E-state index < -0.39 is 5.54 Å². The van der Waals surface area contributed by atoms with Crippen LogP contribution in [0.4, 0.5) is 0 Å². The Morgan fingerprint density at radius 3 is 3.05 bits per heavy atom. The number of fused-ring (bicyclic) bond motifs is 3. The van der Waals surface area contributed by atoms with Gasteiger partial charge in [0.1, 0.15) is 0 Å². The van der Waals surface area contributed by atoms with E-state index >= 15 is 0 Å². The van der Waals surface area contributed by atoms with Gasteiger partial charge in [0.05, 0.1) is 7.11 Å². The van der Waals surface area contributed by atoms with Crippen LogP contribution in [0.1, 0.15) is 10.4 Å². The fourth-order valence-corrected chi connectivity index (χ4v) is 4.97. The van der Waals surface area contributed by atoms with Gasteiger partial charge in [0.25, 0.3) is 0 Å². The Labute approximate surface area is 124 Å². The van der Waals surface area contributed by atoms with Gasteiger partial charge in [0.15, 0.2) is 5.54 Å². The van der Waals surface area contributed by atoms with E-state index in [2.05, 4.69) is 33.4 Å². The largest absolute Gasteiger partial charge is 0.467 e. The van der Waals surface area contributed by atoms with E-state index in [9.17, 15) is 4.79 Å². The Morgan fingerprint density at radius 2 is 2.32 bits per heavy atom. The standard InChI is InChI=1S/C14H14BrNO2S/c1-18-13(17)14(8-15)12-10(6-7-16-14)9-4-2-3-5-11(9)19-12/h2-5,16H,6-8H2,1H3. The second kappa shape index (κ2) is 4.89. The number of esters is 1. The number of methoxy groups -OCH3 is 1. The average molecular weight is 340 g/mol. The fourth-order valence-electron chi connectivity index (χ4n) is 2.67. The van der Waals surface area contributed by atoms with Gasteiger partial charge in [-0.05, 0) is 23.4 Å². The minimum Gasteiger partial charge on any atom is -0.467 e. The van der Waals surface area contributed by atoms with Crippen LogP contribution in [0.3, 0.4) is 0 Å². The van der Waals surface area contributed by atoms with Crippen molar-refractivity contribution >= 4 is 43.3 Å². The predicted molar refractivity (Wildman–Crippen MR) is 81.0 cm³/mol. The topological polar surface area (TPSA) is 38.3 Å². The van der Waals surface area contributed by atoms with Crippen LogP contribution in [-0.4, -0.2) is 25.0 Å². The maximum atomic E-state index is 12.3. The average Bonchev–Trinajstić information content (AvgIpc) is 2.85. The fraction of sp³-hybridized carbons (Fsp3) is 0.357. The summed E-state index contributed by atoms with van der Waals surface area (Å²) in [5.74, 6) is -0.225. The van der Waals surface area contributed by atoms with Crippen molar-refractivity contribution in [3.63, 3.8) is 0 Å². The van der Waals surface area contributed by atoms with Gasteiger partial charge in [-0.25, -0.2) is 4.79 Å². The summed E-state index contributed by atoms with van der Waals surface area (Å²) < 4.78 is 6.24. The van der Waals surface area contributed by atoms with Crippen LogP contribution in [0.5, 0.6) is 0 Å². The molecule has 0 amide bonds. The van der Waals surface area contributed by atoms with Gasteiger partial charge in [-0.15, -0.1) is 11.3 Å². The summed E-state index contributed by atoms with van der Waals surface area (Å²) in [4.78, 5) is 13.3. The van der Waals surface area contributed by atoms with E-state index in [1.165, 1.54) is 22.8 Å². The normalized spacial score (nSPS) is 22.2. The molecule has 1 unspecified atom stereocenters. The zero-order valence-electron chi connectivity index (χ0n) is 10.5. The molecule has 1 aliphatic heterocycles. The second-order valence-electron chi connectivity index (χ2n) is 4.61. The molecule has 1 atom stereocenters. The summed E-state index contributed by atoms with van der Waals surface area (Å²) >= 11 is 5.16. The number of nitrogens with one attached hydrogen (secondary N) is 1. The van der Waals surface area contributed by atoms with Crippen molar-refractivity contribution < 1.29 is 9.53 Å². The van der Waals surface area contributed by atoms with Gasteiger partial charge < -0.3 is 4.74 Å². The third-order valence-corrected chi connectivity index (χ3v) is 5.84. The van der Waals surface area contributed by atoms with Gasteiger partial charge in [0, 0.05) is 21.5 Å². The van der Waals surface area contributed by atoms with Crippen LogP contribution in [0.25, 0.3) is 10.1 Å². The van der Waals surface area contributed by atoms with E-state index in [0.29, 0.717) is 5.33 Å². The molecule has 0 saturated carbocycles. The molecule has 1 aromatic carbocycles. The van der Waals surface area contributed by atoms with Crippen LogP contribution in [-0.2, 0) is 21.5 Å². The minimum absolute atomic E-state index is 0.225. The number of hydrogen-bond donors (Lipinski definition) is 1. The molecule has 1 aromatic heterocycles. The molecule has 1 aliphatic rings. The Hall–Kier alpha value is -0.910. The number of benzene rings is 1. The molecule has 1 N–H and O–H groups in total. The van der Waals surface area contributed by atoms with Crippen LogP contribution in [0, 0.1) is 0 Å². The number of hydrogen-bond acceptors (Lipinski definition) is 4. The highest BCUT2D eigenvalue weighted by Gasteiger charge is 2.45. The lowest BCUT2D eigenvalue weighted by atomic mass is 9.90. The first-order chi connectivity index (χ1) is 9.23. The molecule has 0 radical (unpaired) electrons. The Balaban J connectivity index is 2.26. The van der Waals surface area contributed by atoms with Crippen molar-refractivity contribution in [2.24, 2.45) is 0 Å². The highest BCUT2D eigenvalue weighted by molar-refractivity contribution is 9.09. The Kier molecular flexibility index (Phi) is 3.37. The summed E-state index contributed by atoms with van der Waals surface area (Å²) in [6.07, 6.45) is 0.949. The molecular formula is C14H14BrNO2S. The zero-order valence-corrected chi connectivity index (χ0v) is 12.9. The monoisotopic (exact) mass is 339 g/mol. The third-order valence-electron chi connectivity index (χ3n) is 3.62. The van der Waals surface area contributed by atoms with Crippen molar-refractivity contribution in [3.8, 4) is 0 Å². The van der Waals surface area contributed by atoms with Gasteiger partial charge in [-0.3, -0.25) is 5.32 Å². The summed E-state index contributed by atoms with van der Waals surface area (Å²) in [5, 5.41) is 5.12. The molecule has 2 aromatic rings. The molecule has 0 aliphatic carbocycles. The molecule has 5 heteroatoms. The number of thiophene rings is 1.